The molecule has 4 aromatic carbocycles. The molecule has 2 heterocycles. The van der Waals surface area contributed by atoms with E-state index in [1.54, 1.807) is 7.11 Å². The quantitative estimate of drug-likeness (QED) is 0.223. The van der Waals surface area contributed by atoms with Crippen molar-refractivity contribution in [2.24, 2.45) is 5.92 Å². The molecule has 254 valence electrons. The number of nitrogens with zero attached hydrogens (tertiary/aromatic N) is 1. The summed E-state index contributed by atoms with van der Waals surface area (Å²) in [4.78, 5) is 37.6. The summed E-state index contributed by atoms with van der Waals surface area (Å²) < 4.78 is 48.1. The van der Waals surface area contributed by atoms with Crippen LogP contribution in [0.15, 0.2) is 91.0 Å². The summed E-state index contributed by atoms with van der Waals surface area (Å²) in [5.41, 5.74) is 6.00. The van der Waals surface area contributed by atoms with Gasteiger partial charge in [0, 0.05) is 18.5 Å². The predicted octanol–water partition coefficient (Wildman–Crippen LogP) is 5.78. The summed E-state index contributed by atoms with van der Waals surface area (Å²) in [5.74, 6) is -3.08. The lowest BCUT2D eigenvalue weighted by Crippen LogP contribution is -2.39. The standard InChI is InChI=1S/C34H30N2O6.C2HF3O2/c1-40-22-13-10-20(11-14-22)33-31(34(38)39)27(21-12-15-28-29(16-21)42-19-41-28)17-36(33)18-30(37)35-32-25-8-4-2-6-23(25)24-7-3-5-9-26(24)32;3-2(4,5)1(6)7/h2-16,27,31-33H,17-19H2,1H3,(H,35,37)(H,38,39);(H,6,7)/t27-,31-,33+;/m1./s1. The van der Waals surface area contributed by atoms with E-state index in [-0.39, 0.29) is 31.2 Å². The first kappa shape index (κ1) is 33.3. The number of halogens is 3. The highest BCUT2D eigenvalue weighted by Gasteiger charge is 2.48. The van der Waals surface area contributed by atoms with E-state index in [4.69, 9.17) is 24.1 Å². The van der Waals surface area contributed by atoms with Crippen LogP contribution in [0.4, 0.5) is 13.2 Å². The molecule has 7 rings (SSSR count). The molecule has 0 spiro atoms. The number of alkyl halides is 3. The van der Waals surface area contributed by atoms with Crippen molar-refractivity contribution in [3.05, 3.63) is 113 Å². The molecular weight excluding hydrogens is 645 g/mol. The lowest BCUT2D eigenvalue weighted by Gasteiger charge is -2.27. The second-order valence-electron chi connectivity index (χ2n) is 11.7. The zero-order valence-corrected chi connectivity index (χ0v) is 26.0. The van der Waals surface area contributed by atoms with Gasteiger partial charge in [0.05, 0.1) is 25.6 Å². The summed E-state index contributed by atoms with van der Waals surface area (Å²) in [7, 11) is 1.59. The van der Waals surface area contributed by atoms with Gasteiger partial charge in [-0.15, -0.1) is 0 Å². The molecule has 10 nitrogen and oxygen atoms in total. The van der Waals surface area contributed by atoms with Crippen molar-refractivity contribution < 1.29 is 52.0 Å². The molecule has 1 amide bonds. The van der Waals surface area contributed by atoms with Crippen LogP contribution in [0.1, 0.15) is 40.3 Å². The van der Waals surface area contributed by atoms with Crippen LogP contribution in [0.25, 0.3) is 11.1 Å². The number of rotatable bonds is 7. The van der Waals surface area contributed by atoms with E-state index >= 15 is 0 Å². The number of carbonyl (C=O) groups is 3. The number of hydrogen-bond acceptors (Lipinski definition) is 7. The predicted molar refractivity (Wildman–Crippen MR) is 169 cm³/mol. The van der Waals surface area contributed by atoms with E-state index in [1.165, 1.54) is 0 Å². The van der Waals surface area contributed by atoms with Gasteiger partial charge in [0.25, 0.3) is 0 Å². The minimum atomic E-state index is -5.08. The zero-order valence-electron chi connectivity index (χ0n) is 26.0. The number of fused-ring (bicyclic) bond motifs is 4. The molecule has 0 unspecified atom stereocenters. The van der Waals surface area contributed by atoms with Gasteiger partial charge in [0.2, 0.25) is 12.7 Å². The number of methoxy groups -OCH3 is 1. The highest BCUT2D eigenvalue weighted by atomic mass is 19.4. The second kappa shape index (κ2) is 13.5. The van der Waals surface area contributed by atoms with E-state index in [2.05, 4.69) is 17.4 Å². The highest BCUT2D eigenvalue weighted by Crippen LogP contribution is 2.48. The van der Waals surface area contributed by atoms with Crippen LogP contribution in [0, 0.1) is 5.92 Å². The number of amides is 1. The van der Waals surface area contributed by atoms with Crippen molar-refractivity contribution in [3.8, 4) is 28.4 Å². The summed E-state index contributed by atoms with van der Waals surface area (Å²) in [6, 6.07) is 28.4. The molecule has 0 saturated carbocycles. The highest BCUT2D eigenvalue weighted by molar-refractivity contribution is 5.84. The largest absolute Gasteiger partial charge is 0.497 e. The second-order valence-corrected chi connectivity index (χ2v) is 11.7. The van der Waals surface area contributed by atoms with Crippen LogP contribution in [0.3, 0.4) is 0 Å². The third-order valence-corrected chi connectivity index (χ3v) is 8.89. The first-order valence-corrected chi connectivity index (χ1v) is 15.2. The maximum Gasteiger partial charge on any atom is 0.490 e. The Morgan fingerprint density at radius 2 is 1.43 bits per heavy atom. The number of carboxylic acid groups (broad SMARTS) is 2. The Morgan fingerprint density at radius 1 is 0.857 bits per heavy atom. The Hall–Kier alpha value is -5.56. The number of benzene rings is 4. The van der Waals surface area contributed by atoms with E-state index in [0.29, 0.717) is 23.8 Å². The molecule has 3 N–H and O–H groups in total. The van der Waals surface area contributed by atoms with Crippen molar-refractivity contribution in [2.45, 2.75) is 24.2 Å². The average molecular weight is 677 g/mol. The Kier molecular flexibility index (Phi) is 9.20. The van der Waals surface area contributed by atoms with Gasteiger partial charge in [-0.25, -0.2) is 4.79 Å². The van der Waals surface area contributed by atoms with Gasteiger partial charge in [0.1, 0.15) is 5.75 Å². The molecule has 1 fully saturated rings. The number of nitrogens with one attached hydrogen (secondary N) is 1. The molecular formula is C36H31F3N2O8. The summed E-state index contributed by atoms with van der Waals surface area (Å²) >= 11 is 0. The third-order valence-electron chi connectivity index (χ3n) is 8.89. The molecule has 3 atom stereocenters. The van der Waals surface area contributed by atoms with E-state index < -0.39 is 30.1 Å². The molecule has 0 radical (unpaired) electrons. The first-order valence-electron chi connectivity index (χ1n) is 15.2. The summed E-state index contributed by atoms with van der Waals surface area (Å²) in [5, 5.41) is 20.9. The fourth-order valence-corrected chi connectivity index (χ4v) is 6.77. The minimum absolute atomic E-state index is 0.0440. The van der Waals surface area contributed by atoms with Crippen molar-refractivity contribution in [1.29, 1.82) is 0 Å². The van der Waals surface area contributed by atoms with Gasteiger partial charge in [0.15, 0.2) is 11.5 Å². The SMILES string of the molecule is COc1ccc([C@H]2[C@H](C(=O)O)[C@@H](c3ccc4c(c3)OCO4)CN2CC(=O)NC2c3ccccc3-c3ccccc32)cc1.O=C(O)C(F)(F)F. The normalized spacial score (nSPS) is 19.3. The van der Waals surface area contributed by atoms with Gasteiger partial charge in [-0.2, -0.15) is 13.2 Å². The number of ether oxygens (including phenoxy) is 3. The monoisotopic (exact) mass is 676 g/mol. The van der Waals surface area contributed by atoms with Gasteiger partial charge in [-0.05, 0) is 57.6 Å². The Labute approximate surface area is 278 Å². The molecule has 3 aliphatic rings. The van der Waals surface area contributed by atoms with Gasteiger partial charge >= 0.3 is 18.1 Å². The maximum absolute atomic E-state index is 13.8. The molecule has 4 aromatic rings. The van der Waals surface area contributed by atoms with Crippen LogP contribution in [-0.2, 0) is 14.4 Å². The topological polar surface area (TPSA) is 135 Å². The average Bonchev–Trinajstić information content (AvgIpc) is 3.79. The molecule has 0 bridgehead atoms. The lowest BCUT2D eigenvalue weighted by atomic mass is 9.82. The van der Waals surface area contributed by atoms with E-state index in [1.807, 2.05) is 83.8 Å². The first-order chi connectivity index (χ1) is 23.5. The van der Waals surface area contributed by atoms with Gasteiger partial charge in [-0.3, -0.25) is 14.5 Å². The third kappa shape index (κ3) is 6.74. The Morgan fingerprint density at radius 3 is 2.00 bits per heavy atom. The Balaban J connectivity index is 0.000000540. The lowest BCUT2D eigenvalue weighted by molar-refractivity contribution is -0.192. The van der Waals surface area contributed by atoms with Crippen molar-refractivity contribution in [2.75, 3.05) is 27.0 Å². The van der Waals surface area contributed by atoms with E-state index in [9.17, 15) is 27.9 Å². The van der Waals surface area contributed by atoms with Crippen molar-refractivity contribution in [3.63, 3.8) is 0 Å². The fourth-order valence-electron chi connectivity index (χ4n) is 6.77. The fraction of sp³-hybridized carbons (Fsp3) is 0.250. The smallest absolute Gasteiger partial charge is 0.490 e. The van der Waals surface area contributed by atoms with Crippen molar-refractivity contribution >= 4 is 17.8 Å². The van der Waals surface area contributed by atoms with Crippen LogP contribution in [0.2, 0.25) is 0 Å². The van der Waals surface area contributed by atoms with Gasteiger partial charge < -0.3 is 29.7 Å². The number of carbonyl (C=O) groups excluding carboxylic acids is 1. The maximum atomic E-state index is 13.8. The van der Waals surface area contributed by atoms with Crippen molar-refractivity contribution in [1.82, 2.24) is 10.2 Å². The number of carboxylic acids is 2. The zero-order chi connectivity index (χ0) is 34.9. The van der Waals surface area contributed by atoms with Crippen LogP contribution in [-0.4, -0.2) is 66.1 Å². The number of aliphatic carboxylic acids is 2. The molecule has 1 aliphatic carbocycles. The molecule has 49 heavy (non-hydrogen) atoms. The van der Waals surface area contributed by atoms with E-state index in [0.717, 1.165) is 33.4 Å². The number of hydrogen-bond donors (Lipinski definition) is 3. The Bertz CT molecular complexity index is 1840. The molecule has 0 aromatic heterocycles. The summed E-state index contributed by atoms with van der Waals surface area (Å²) in [6.45, 7) is 0.570. The molecule has 2 aliphatic heterocycles. The van der Waals surface area contributed by atoms with Crippen LogP contribution >= 0.6 is 0 Å². The van der Waals surface area contributed by atoms with Gasteiger partial charge in [-0.1, -0.05) is 66.7 Å². The van der Waals surface area contributed by atoms with Crippen LogP contribution in [0.5, 0.6) is 17.2 Å². The minimum Gasteiger partial charge on any atom is -0.497 e. The van der Waals surface area contributed by atoms with Crippen LogP contribution < -0.4 is 19.5 Å². The molecule has 1 saturated heterocycles. The number of likely N-dealkylation sites (tertiary alicyclic amines) is 1. The molecule has 13 heteroatoms. The summed E-state index contributed by atoms with van der Waals surface area (Å²) in [6.07, 6.45) is -5.08.